The number of piperidine rings is 1. The summed E-state index contributed by atoms with van der Waals surface area (Å²) in [7, 11) is 0. The zero-order valence-electron chi connectivity index (χ0n) is 13.0. The van der Waals surface area contributed by atoms with Crippen LogP contribution in [0.15, 0.2) is 0 Å². The third-order valence-corrected chi connectivity index (χ3v) is 6.06. The van der Waals surface area contributed by atoms with Gasteiger partial charge in [0.1, 0.15) is 0 Å². The zero-order valence-corrected chi connectivity index (χ0v) is 13.0. The fourth-order valence-corrected chi connectivity index (χ4v) is 4.68. The maximum atomic E-state index is 12.4. The lowest BCUT2D eigenvalue weighted by Gasteiger charge is -2.40. The van der Waals surface area contributed by atoms with Crippen molar-refractivity contribution in [2.75, 3.05) is 13.2 Å². The second-order valence-electron chi connectivity index (χ2n) is 7.33. The van der Waals surface area contributed by atoms with Gasteiger partial charge in [-0.15, -0.1) is 0 Å². The summed E-state index contributed by atoms with van der Waals surface area (Å²) in [5, 5.41) is 16.1. The number of rotatable bonds is 4. The van der Waals surface area contributed by atoms with Crippen molar-refractivity contribution in [3.8, 4) is 0 Å². The molecule has 2 aliphatic carbocycles. The van der Waals surface area contributed by atoms with E-state index >= 15 is 0 Å². The smallest absolute Gasteiger partial charge is 0.237 e. The number of nitrogens with one attached hydrogen (secondary N) is 2. The summed E-state index contributed by atoms with van der Waals surface area (Å²) in [4.78, 5) is 12.4. The third kappa shape index (κ3) is 3.59. The van der Waals surface area contributed by atoms with Crippen molar-refractivity contribution in [3.05, 3.63) is 0 Å². The first kappa shape index (κ1) is 15.3. The SMILES string of the molecule is O=C(NCC1CCCC1CO)C1CCC2CCCCC2N1. The standard InChI is InChI=1S/C17H30N2O2/c20-11-14-6-3-5-13(14)10-18-17(21)16-9-8-12-4-1-2-7-15(12)19-16/h12-16,19-20H,1-11H2,(H,18,21). The highest BCUT2D eigenvalue weighted by molar-refractivity contribution is 5.81. The summed E-state index contributed by atoms with van der Waals surface area (Å²) in [6, 6.07) is 0.582. The van der Waals surface area contributed by atoms with Crippen LogP contribution in [0.1, 0.15) is 57.8 Å². The van der Waals surface area contributed by atoms with Crippen LogP contribution in [0.3, 0.4) is 0 Å². The number of hydrogen-bond acceptors (Lipinski definition) is 3. The van der Waals surface area contributed by atoms with Crippen LogP contribution in [0.25, 0.3) is 0 Å². The third-order valence-electron chi connectivity index (χ3n) is 6.06. The van der Waals surface area contributed by atoms with Crippen LogP contribution >= 0.6 is 0 Å². The Hall–Kier alpha value is -0.610. The molecule has 4 nitrogen and oxygen atoms in total. The largest absolute Gasteiger partial charge is 0.396 e. The van der Waals surface area contributed by atoms with Gasteiger partial charge in [0.2, 0.25) is 5.91 Å². The molecule has 0 spiro atoms. The lowest BCUT2D eigenvalue weighted by molar-refractivity contribution is -0.124. The molecule has 1 saturated heterocycles. The summed E-state index contributed by atoms with van der Waals surface area (Å²) >= 11 is 0. The molecule has 3 rings (SSSR count). The molecule has 5 atom stereocenters. The van der Waals surface area contributed by atoms with E-state index in [4.69, 9.17) is 0 Å². The fraction of sp³-hybridized carbons (Fsp3) is 0.941. The number of aliphatic hydroxyl groups excluding tert-OH is 1. The molecule has 0 aromatic heterocycles. The van der Waals surface area contributed by atoms with Crippen LogP contribution < -0.4 is 10.6 Å². The number of amides is 1. The molecule has 4 heteroatoms. The van der Waals surface area contributed by atoms with Gasteiger partial charge in [0.25, 0.3) is 0 Å². The minimum absolute atomic E-state index is 0.0123. The fourth-order valence-electron chi connectivity index (χ4n) is 4.68. The van der Waals surface area contributed by atoms with E-state index < -0.39 is 0 Å². The highest BCUT2D eigenvalue weighted by atomic mass is 16.3. The first-order chi connectivity index (χ1) is 10.3. The second kappa shape index (κ2) is 7.10. The molecule has 1 heterocycles. The van der Waals surface area contributed by atoms with Gasteiger partial charge in [0.05, 0.1) is 6.04 Å². The van der Waals surface area contributed by atoms with Crippen molar-refractivity contribution in [2.24, 2.45) is 17.8 Å². The Kier molecular flexibility index (Phi) is 5.17. The molecule has 0 radical (unpaired) electrons. The van der Waals surface area contributed by atoms with Crippen LogP contribution in [-0.4, -0.2) is 36.2 Å². The van der Waals surface area contributed by atoms with Crippen molar-refractivity contribution in [2.45, 2.75) is 69.9 Å². The van der Waals surface area contributed by atoms with Crippen LogP contribution in [0, 0.1) is 17.8 Å². The van der Waals surface area contributed by atoms with Crippen molar-refractivity contribution < 1.29 is 9.90 Å². The lowest BCUT2D eigenvalue weighted by Crippen LogP contribution is -2.55. The first-order valence-corrected chi connectivity index (χ1v) is 8.92. The van der Waals surface area contributed by atoms with Crippen molar-refractivity contribution >= 4 is 5.91 Å². The molecule has 5 unspecified atom stereocenters. The molecular formula is C17H30N2O2. The normalized spacial score (nSPS) is 39.8. The van der Waals surface area contributed by atoms with Gasteiger partial charge < -0.3 is 15.7 Å². The highest BCUT2D eigenvalue weighted by Gasteiger charge is 2.35. The number of aliphatic hydroxyl groups is 1. The van der Waals surface area contributed by atoms with Crippen molar-refractivity contribution in [1.82, 2.24) is 10.6 Å². The number of hydrogen-bond donors (Lipinski definition) is 3. The summed E-state index contributed by atoms with van der Waals surface area (Å²) in [5.74, 6) is 1.86. The van der Waals surface area contributed by atoms with Crippen LogP contribution in [0.4, 0.5) is 0 Å². The van der Waals surface area contributed by atoms with Gasteiger partial charge >= 0.3 is 0 Å². The topological polar surface area (TPSA) is 61.4 Å². The van der Waals surface area contributed by atoms with E-state index in [1.807, 2.05) is 0 Å². The first-order valence-electron chi connectivity index (χ1n) is 8.92. The molecule has 0 aromatic rings. The van der Waals surface area contributed by atoms with Crippen molar-refractivity contribution in [1.29, 1.82) is 0 Å². The average Bonchev–Trinajstić information content (AvgIpc) is 2.99. The number of fused-ring (bicyclic) bond motifs is 1. The molecule has 3 fully saturated rings. The molecule has 1 aliphatic heterocycles. The molecule has 120 valence electrons. The maximum absolute atomic E-state index is 12.4. The predicted molar refractivity (Wildman–Crippen MR) is 82.8 cm³/mol. The number of carbonyl (C=O) groups is 1. The van der Waals surface area contributed by atoms with E-state index in [9.17, 15) is 9.90 Å². The van der Waals surface area contributed by atoms with Crippen molar-refractivity contribution in [3.63, 3.8) is 0 Å². The molecule has 0 aromatic carbocycles. The monoisotopic (exact) mass is 294 g/mol. The van der Waals surface area contributed by atoms with Gasteiger partial charge in [-0.05, 0) is 56.3 Å². The molecule has 3 aliphatic rings. The summed E-state index contributed by atoms with van der Waals surface area (Å²) in [5.41, 5.74) is 0. The van der Waals surface area contributed by atoms with Gasteiger partial charge in [-0.25, -0.2) is 0 Å². The van der Waals surface area contributed by atoms with E-state index in [0.717, 1.165) is 31.7 Å². The minimum Gasteiger partial charge on any atom is -0.396 e. The Bertz CT molecular complexity index is 361. The molecule has 0 bridgehead atoms. The molecule has 21 heavy (non-hydrogen) atoms. The highest BCUT2D eigenvalue weighted by Crippen LogP contribution is 2.33. The summed E-state index contributed by atoms with van der Waals surface area (Å²) < 4.78 is 0. The second-order valence-corrected chi connectivity index (χ2v) is 7.33. The molecule has 3 N–H and O–H groups in total. The van der Waals surface area contributed by atoms with Crippen LogP contribution in [0.2, 0.25) is 0 Å². The lowest BCUT2D eigenvalue weighted by atomic mass is 9.77. The van der Waals surface area contributed by atoms with Gasteiger partial charge in [0.15, 0.2) is 0 Å². The quantitative estimate of drug-likeness (QED) is 0.741. The minimum atomic E-state index is 0.0123. The van der Waals surface area contributed by atoms with Gasteiger partial charge in [-0.2, -0.15) is 0 Å². The summed E-state index contributed by atoms with van der Waals surface area (Å²) in [6.45, 7) is 1.02. The van der Waals surface area contributed by atoms with E-state index in [-0.39, 0.29) is 18.6 Å². The average molecular weight is 294 g/mol. The van der Waals surface area contributed by atoms with E-state index in [0.29, 0.717) is 17.9 Å². The Labute approximate surface area is 128 Å². The predicted octanol–water partition coefficient (Wildman–Crippen LogP) is 1.82. The van der Waals surface area contributed by atoms with E-state index in [1.54, 1.807) is 0 Å². The number of carbonyl (C=O) groups excluding carboxylic acids is 1. The maximum Gasteiger partial charge on any atom is 0.237 e. The van der Waals surface area contributed by atoms with Gasteiger partial charge in [-0.3, -0.25) is 4.79 Å². The zero-order chi connectivity index (χ0) is 14.7. The van der Waals surface area contributed by atoms with Crippen LogP contribution in [0.5, 0.6) is 0 Å². The van der Waals surface area contributed by atoms with Gasteiger partial charge in [0, 0.05) is 19.2 Å². The Morgan fingerprint density at radius 1 is 1.00 bits per heavy atom. The van der Waals surface area contributed by atoms with Crippen LogP contribution in [-0.2, 0) is 4.79 Å². The van der Waals surface area contributed by atoms with E-state index in [2.05, 4.69) is 10.6 Å². The molecule has 1 amide bonds. The summed E-state index contributed by atoms with van der Waals surface area (Å²) in [6.07, 6.45) is 10.9. The molecule has 2 saturated carbocycles. The Balaban J connectivity index is 1.45. The Morgan fingerprint density at radius 3 is 2.67 bits per heavy atom. The van der Waals surface area contributed by atoms with E-state index in [1.165, 1.54) is 38.5 Å². The van der Waals surface area contributed by atoms with Gasteiger partial charge in [-0.1, -0.05) is 19.3 Å². The Morgan fingerprint density at radius 2 is 1.81 bits per heavy atom. The molecular weight excluding hydrogens is 264 g/mol.